The largest absolute Gasteiger partial charge is 0.464 e. The number of nitrogens with one attached hydrogen (secondary N) is 2. The van der Waals surface area contributed by atoms with Crippen LogP contribution in [0.1, 0.15) is 18.6 Å². The molecule has 1 aromatic heterocycles. The number of aliphatic hydroxyl groups is 1. The van der Waals surface area contributed by atoms with Crippen LogP contribution in [0.2, 0.25) is 0 Å². The summed E-state index contributed by atoms with van der Waals surface area (Å²) in [6.45, 7) is 1.50. The Kier molecular flexibility index (Phi) is 3.36. The van der Waals surface area contributed by atoms with E-state index in [1.807, 2.05) is 36.4 Å². The Balaban J connectivity index is 1.66. The number of furan rings is 1. The molecule has 4 rings (SSSR count). The minimum absolute atomic E-state index is 0.538. The fourth-order valence-electron chi connectivity index (χ4n) is 3.13. The second-order valence-corrected chi connectivity index (χ2v) is 6.28. The lowest BCUT2D eigenvalue weighted by Crippen LogP contribution is -2.49. The molecule has 1 fully saturated rings. The molecular weight excluding hydrogens is 320 g/mol. The van der Waals surface area contributed by atoms with Crippen molar-refractivity contribution in [3.8, 4) is 11.1 Å². The highest BCUT2D eigenvalue weighted by Gasteiger charge is 2.48. The van der Waals surface area contributed by atoms with E-state index in [4.69, 9.17) is 4.42 Å². The van der Waals surface area contributed by atoms with Gasteiger partial charge in [0.1, 0.15) is 17.2 Å². The molecule has 0 saturated carbocycles. The van der Waals surface area contributed by atoms with E-state index in [-0.39, 0.29) is 0 Å². The van der Waals surface area contributed by atoms with Gasteiger partial charge in [0.25, 0.3) is 5.91 Å². The number of rotatable bonds is 3. The van der Waals surface area contributed by atoms with Crippen LogP contribution in [0.4, 0.5) is 4.79 Å². The molecule has 0 unspecified atom stereocenters. The van der Waals surface area contributed by atoms with Gasteiger partial charge in [-0.3, -0.25) is 10.1 Å². The standard InChI is InChI=1S/C19H16N2O4/c1-19(17(23)20-18(24)21-19)16(22)12-8-6-11(7-9-12)14-10-25-15-5-3-2-4-13(14)15/h2-10,16,22H,1H3,(H2,20,21,23,24)/t16-,19-/m1/s1. The van der Waals surface area contributed by atoms with Crippen LogP contribution in [-0.4, -0.2) is 22.6 Å². The first-order valence-electron chi connectivity index (χ1n) is 7.87. The second-order valence-electron chi connectivity index (χ2n) is 6.28. The molecule has 1 aliphatic rings. The molecule has 3 N–H and O–H groups in total. The van der Waals surface area contributed by atoms with Gasteiger partial charge < -0.3 is 14.8 Å². The molecule has 0 aliphatic carbocycles. The summed E-state index contributed by atoms with van der Waals surface area (Å²) in [5, 5.41) is 16.2. The fraction of sp³-hybridized carbons (Fsp3) is 0.158. The lowest BCUT2D eigenvalue weighted by Gasteiger charge is -2.27. The molecule has 3 amide bonds. The van der Waals surface area contributed by atoms with E-state index in [0.29, 0.717) is 5.56 Å². The maximum Gasteiger partial charge on any atom is 0.322 e. The molecule has 2 heterocycles. The Morgan fingerprint density at radius 1 is 1.08 bits per heavy atom. The predicted octanol–water partition coefficient (Wildman–Crippen LogP) is 2.73. The first-order chi connectivity index (χ1) is 12.0. The van der Waals surface area contributed by atoms with E-state index in [0.717, 1.165) is 22.1 Å². The van der Waals surface area contributed by atoms with E-state index >= 15 is 0 Å². The SMILES string of the molecule is C[C@]1([C@H](O)c2ccc(-c3coc4ccccc34)cc2)NC(=O)NC1=O. The van der Waals surface area contributed by atoms with Gasteiger partial charge in [0.15, 0.2) is 0 Å². The van der Waals surface area contributed by atoms with Gasteiger partial charge in [-0.15, -0.1) is 0 Å². The van der Waals surface area contributed by atoms with Crippen LogP contribution in [0.5, 0.6) is 0 Å². The van der Waals surface area contributed by atoms with Crippen LogP contribution in [0, 0.1) is 0 Å². The van der Waals surface area contributed by atoms with Gasteiger partial charge in [-0.05, 0) is 24.1 Å². The van der Waals surface area contributed by atoms with Gasteiger partial charge in [0.2, 0.25) is 0 Å². The summed E-state index contributed by atoms with van der Waals surface area (Å²) in [4.78, 5) is 23.3. The van der Waals surface area contributed by atoms with Crippen molar-refractivity contribution in [2.24, 2.45) is 0 Å². The zero-order chi connectivity index (χ0) is 17.6. The normalized spacial score (nSPS) is 21.2. The number of carbonyl (C=O) groups excluding carboxylic acids is 2. The number of aliphatic hydroxyl groups excluding tert-OH is 1. The first kappa shape index (κ1) is 15.4. The zero-order valence-electron chi connectivity index (χ0n) is 13.4. The highest BCUT2D eigenvalue weighted by atomic mass is 16.3. The number of benzene rings is 2. The van der Waals surface area contributed by atoms with Crippen molar-refractivity contribution >= 4 is 22.9 Å². The summed E-state index contributed by atoms with van der Waals surface area (Å²) >= 11 is 0. The number of urea groups is 1. The summed E-state index contributed by atoms with van der Waals surface area (Å²) in [5.41, 5.74) is 1.84. The highest BCUT2D eigenvalue weighted by molar-refractivity contribution is 6.07. The lowest BCUT2D eigenvalue weighted by atomic mass is 9.89. The molecular formula is C19H16N2O4. The Hall–Kier alpha value is -3.12. The summed E-state index contributed by atoms with van der Waals surface area (Å²) in [6, 6.07) is 14.3. The van der Waals surface area contributed by atoms with Gasteiger partial charge in [-0.2, -0.15) is 0 Å². The van der Waals surface area contributed by atoms with Gasteiger partial charge in [-0.1, -0.05) is 42.5 Å². The van der Waals surface area contributed by atoms with Crippen LogP contribution >= 0.6 is 0 Å². The molecule has 1 saturated heterocycles. The number of carbonyl (C=O) groups is 2. The number of para-hydroxylation sites is 1. The smallest absolute Gasteiger partial charge is 0.322 e. The van der Waals surface area contributed by atoms with Gasteiger partial charge >= 0.3 is 6.03 Å². The van der Waals surface area contributed by atoms with E-state index in [1.54, 1.807) is 18.4 Å². The predicted molar refractivity (Wildman–Crippen MR) is 91.7 cm³/mol. The quantitative estimate of drug-likeness (QED) is 0.641. The number of amides is 3. The van der Waals surface area contributed by atoms with Crippen LogP contribution < -0.4 is 10.6 Å². The van der Waals surface area contributed by atoms with Crippen molar-refractivity contribution in [2.45, 2.75) is 18.6 Å². The molecule has 6 nitrogen and oxygen atoms in total. The minimum atomic E-state index is -1.39. The van der Waals surface area contributed by atoms with Gasteiger partial charge in [-0.25, -0.2) is 4.79 Å². The number of imide groups is 1. The molecule has 0 radical (unpaired) electrons. The minimum Gasteiger partial charge on any atom is -0.464 e. The summed E-state index contributed by atoms with van der Waals surface area (Å²) < 4.78 is 5.55. The number of fused-ring (bicyclic) bond motifs is 1. The van der Waals surface area contributed by atoms with E-state index in [2.05, 4.69) is 10.6 Å². The number of hydrogen-bond donors (Lipinski definition) is 3. The topological polar surface area (TPSA) is 91.6 Å². The summed E-state index contributed by atoms with van der Waals surface area (Å²) in [7, 11) is 0. The van der Waals surface area contributed by atoms with E-state index in [9.17, 15) is 14.7 Å². The Morgan fingerprint density at radius 2 is 1.80 bits per heavy atom. The maximum absolute atomic E-state index is 12.0. The molecule has 0 bridgehead atoms. The average molecular weight is 336 g/mol. The molecule has 0 spiro atoms. The summed E-state index contributed by atoms with van der Waals surface area (Å²) in [5.74, 6) is -0.546. The first-order valence-corrected chi connectivity index (χ1v) is 7.87. The van der Waals surface area contributed by atoms with E-state index in [1.165, 1.54) is 6.92 Å². The van der Waals surface area contributed by atoms with Crippen molar-refractivity contribution in [1.82, 2.24) is 10.6 Å². The number of hydrogen-bond acceptors (Lipinski definition) is 4. The van der Waals surface area contributed by atoms with Gasteiger partial charge in [0.05, 0.1) is 6.26 Å². The van der Waals surface area contributed by atoms with Crippen LogP contribution in [-0.2, 0) is 4.79 Å². The molecule has 126 valence electrons. The van der Waals surface area contributed by atoms with Crippen LogP contribution in [0.25, 0.3) is 22.1 Å². The lowest BCUT2D eigenvalue weighted by molar-refractivity contribution is -0.127. The van der Waals surface area contributed by atoms with E-state index < -0.39 is 23.6 Å². The van der Waals surface area contributed by atoms with Crippen molar-refractivity contribution in [3.05, 3.63) is 60.4 Å². The van der Waals surface area contributed by atoms with Crippen molar-refractivity contribution in [2.75, 3.05) is 0 Å². The van der Waals surface area contributed by atoms with Crippen LogP contribution in [0.15, 0.2) is 59.2 Å². The Labute approximate surface area is 143 Å². The van der Waals surface area contributed by atoms with Crippen molar-refractivity contribution in [1.29, 1.82) is 0 Å². The zero-order valence-corrected chi connectivity index (χ0v) is 13.4. The van der Waals surface area contributed by atoms with Crippen molar-refractivity contribution in [3.63, 3.8) is 0 Å². The molecule has 2 aromatic carbocycles. The molecule has 1 aliphatic heterocycles. The molecule has 6 heteroatoms. The fourth-order valence-corrected chi connectivity index (χ4v) is 3.13. The highest BCUT2D eigenvalue weighted by Crippen LogP contribution is 2.33. The van der Waals surface area contributed by atoms with Gasteiger partial charge in [0, 0.05) is 10.9 Å². The average Bonchev–Trinajstić information content (AvgIpc) is 3.15. The van der Waals surface area contributed by atoms with Crippen molar-refractivity contribution < 1.29 is 19.1 Å². The third-order valence-corrected chi connectivity index (χ3v) is 4.64. The molecule has 2 atom stereocenters. The molecule has 3 aromatic rings. The Morgan fingerprint density at radius 3 is 2.48 bits per heavy atom. The maximum atomic E-state index is 12.0. The summed E-state index contributed by atoms with van der Waals surface area (Å²) in [6.07, 6.45) is 0.538. The second kappa shape index (κ2) is 5.46. The Bertz CT molecular complexity index is 977. The third-order valence-electron chi connectivity index (χ3n) is 4.64. The van der Waals surface area contributed by atoms with Crippen LogP contribution in [0.3, 0.4) is 0 Å². The molecule has 25 heavy (non-hydrogen) atoms. The monoisotopic (exact) mass is 336 g/mol. The third kappa shape index (κ3) is 2.38.